The van der Waals surface area contributed by atoms with E-state index in [2.05, 4.69) is 12.2 Å². The van der Waals surface area contributed by atoms with Gasteiger partial charge in [0.2, 0.25) is 6.29 Å². The van der Waals surface area contributed by atoms with E-state index in [0.717, 1.165) is 36.9 Å². The summed E-state index contributed by atoms with van der Waals surface area (Å²) in [4.78, 5) is 34.8. The van der Waals surface area contributed by atoms with E-state index in [-0.39, 0.29) is 24.5 Å². The number of benzene rings is 1. The highest BCUT2D eigenvalue weighted by atomic mass is 16.7. The van der Waals surface area contributed by atoms with Gasteiger partial charge in [0, 0.05) is 32.4 Å². The Morgan fingerprint density at radius 2 is 1.86 bits per heavy atom. The summed E-state index contributed by atoms with van der Waals surface area (Å²) in [6, 6.07) is 4.01. The van der Waals surface area contributed by atoms with Gasteiger partial charge in [0.05, 0.1) is 6.42 Å². The maximum absolute atomic E-state index is 11.7. The molecule has 1 saturated heterocycles. The summed E-state index contributed by atoms with van der Waals surface area (Å²) in [6.45, 7) is 6.57. The summed E-state index contributed by atoms with van der Waals surface area (Å²) in [5, 5.41) is 14.5. The lowest BCUT2D eigenvalue weighted by Crippen LogP contribution is -2.54. The standard InChI is InChI=1S/C25H35NO9/c1-5-10-26-18-7-8-19-17(11-18)6-9-20(24(19)30)34-23-12-21(32-15(3)28)25(33-16(4)29)22(35-23)13-31-14(2)27/h6,9,18,21-23,25-26,30H,5,7-8,10-13H2,1-4H3/t18-,21+,22+,23+,25-/m0/s1. The number of rotatable bonds is 9. The second kappa shape index (κ2) is 12.2. The lowest BCUT2D eigenvalue weighted by molar-refractivity contribution is -0.246. The summed E-state index contributed by atoms with van der Waals surface area (Å²) < 4.78 is 27.7. The minimum Gasteiger partial charge on any atom is -0.504 e. The first kappa shape index (κ1) is 26.7. The van der Waals surface area contributed by atoms with Crippen molar-refractivity contribution in [2.24, 2.45) is 0 Å². The molecule has 0 amide bonds. The van der Waals surface area contributed by atoms with E-state index in [4.69, 9.17) is 23.7 Å². The molecule has 10 heteroatoms. The molecule has 0 radical (unpaired) electrons. The van der Waals surface area contributed by atoms with Gasteiger partial charge < -0.3 is 34.1 Å². The van der Waals surface area contributed by atoms with Crippen LogP contribution in [0, 0.1) is 0 Å². The minimum atomic E-state index is -0.986. The molecule has 1 aliphatic carbocycles. The number of ether oxygens (including phenoxy) is 5. The van der Waals surface area contributed by atoms with Gasteiger partial charge in [-0.05, 0) is 43.9 Å². The molecular formula is C25H35NO9. The average Bonchev–Trinajstić information content (AvgIpc) is 2.79. The van der Waals surface area contributed by atoms with Crippen LogP contribution in [0.1, 0.15) is 58.1 Å². The van der Waals surface area contributed by atoms with E-state index in [9.17, 15) is 19.5 Å². The van der Waals surface area contributed by atoms with Crippen LogP contribution in [0.4, 0.5) is 0 Å². The summed E-state index contributed by atoms with van der Waals surface area (Å²) in [5.41, 5.74) is 1.92. The molecular weight excluding hydrogens is 458 g/mol. The molecule has 35 heavy (non-hydrogen) atoms. The third kappa shape index (κ3) is 7.32. The van der Waals surface area contributed by atoms with Crippen LogP contribution >= 0.6 is 0 Å². The molecule has 0 saturated carbocycles. The molecule has 2 aliphatic rings. The van der Waals surface area contributed by atoms with Crippen molar-refractivity contribution in [3.8, 4) is 11.5 Å². The van der Waals surface area contributed by atoms with Crippen LogP contribution in [0.3, 0.4) is 0 Å². The Kier molecular flexibility index (Phi) is 9.33. The van der Waals surface area contributed by atoms with Crippen LogP contribution in [0.15, 0.2) is 12.1 Å². The van der Waals surface area contributed by atoms with Crippen molar-refractivity contribution in [3.63, 3.8) is 0 Å². The predicted molar refractivity (Wildman–Crippen MR) is 124 cm³/mol. The Morgan fingerprint density at radius 1 is 1.11 bits per heavy atom. The zero-order valence-corrected chi connectivity index (χ0v) is 20.7. The number of phenols is 1. The number of carbonyl (C=O) groups is 3. The van der Waals surface area contributed by atoms with Crippen LogP contribution in [-0.2, 0) is 46.2 Å². The van der Waals surface area contributed by atoms with E-state index in [1.807, 2.05) is 6.07 Å². The lowest BCUT2D eigenvalue weighted by Gasteiger charge is -2.40. The quantitative estimate of drug-likeness (QED) is 0.390. The van der Waals surface area contributed by atoms with Crippen LogP contribution < -0.4 is 10.1 Å². The van der Waals surface area contributed by atoms with E-state index in [1.54, 1.807) is 6.07 Å². The molecule has 0 bridgehead atoms. The SMILES string of the molecule is CCCN[C@H]1CCc2c(ccc(O[C@H]3C[C@@H](OC(C)=O)[C@H](OC(C)=O)[C@@H](COC(C)=O)O3)c2O)C1. The molecule has 5 atom stereocenters. The predicted octanol–water partition coefficient (Wildman–Crippen LogP) is 2.17. The first-order valence-electron chi connectivity index (χ1n) is 12.0. The molecule has 1 aromatic carbocycles. The van der Waals surface area contributed by atoms with E-state index in [1.165, 1.54) is 20.8 Å². The monoisotopic (exact) mass is 493 g/mol. The van der Waals surface area contributed by atoms with Gasteiger partial charge in [-0.3, -0.25) is 14.4 Å². The first-order chi connectivity index (χ1) is 16.7. The Hall–Kier alpha value is -2.85. The van der Waals surface area contributed by atoms with Gasteiger partial charge >= 0.3 is 17.9 Å². The Labute approximate surface area is 205 Å². The van der Waals surface area contributed by atoms with Crippen LogP contribution in [0.25, 0.3) is 0 Å². The normalized spacial score (nSPS) is 25.8. The Morgan fingerprint density at radius 3 is 2.51 bits per heavy atom. The van der Waals surface area contributed by atoms with Crippen LogP contribution in [0.5, 0.6) is 11.5 Å². The van der Waals surface area contributed by atoms with E-state index in [0.29, 0.717) is 12.5 Å². The Balaban J connectivity index is 1.78. The molecule has 0 unspecified atom stereocenters. The second-order valence-electron chi connectivity index (χ2n) is 8.93. The summed E-state index contributed by atoms with van der Waals surface area (Å²) in [6.07, 6.45) is -0.193. The van der Waals surface area contributed by atoms with Crippen molar-refractivity contribution in [1.29, 1.82) is 0 Å². The zero-order valence-electron chi connectivity index (χ0n) is 20.7. The highest BCUT2D eigenvalue weighted by Gasteiger charge is 2.45. The molecule has 1 aliphatic heterocycles. The molecule has 1 heterocycles. The van der Waals surface area contributed by atoms with Gasteiger partial charge in [-0.15, -0.1) is 0 Å². The third-order valence-corrected chi connectivity index (χ3v) is 6.05. The van der Waals surface area contributed by atoms with Gasteiger partial charge in [-0.2, -0.15) is 0 Å². The maximum Gasteiger partial charge on any atom is 0.303 e. The molecule has 0 aromatic heterocycles. The fraction of sp³-hybridized carbons (Fsp3) is 0.640. The minimum absolute atomic E-state index is 0.0492. The molecule has 0 spiro atoms. The molecule has 194 valence electrons. The van der Waals surface area contributed by atoms with Gasteiger partial charge in [0.15, 0.2) is 17.6 Å². The van der Waals surface area contributed by atoms with Crippen molar-refractivity contribution in [1.82, 2.24) is 5.32 Å². The van der Waals surface area contributed by atoms with Crippen molar-refractivity contribution in [3.05, 3.63) is 23.3 Å². The number of hydrogen-bond donors (Lipinski definition) is 2. The van der Waals surface area contributed by atoms with E-state index < -0.39 is 42.5 Å². The third-order valence-electron chi connectivity index (χ3n) is 6.05. The largest absolute Gasteiger partial charge is 0.504 e. The number of hydrogen-bond acceptors (Lipinski definition) is 10. The van der Waals surface area contributed by atoms with E-state index >= 15 is 0 Å². The number of esters is 3. The Bertz CT molecular complexity index is 918. The van der Waals surface area contributed by atoms with Gasteiger partial charge in [0.25, 0.3) is 0 Å². The number of aromatic hydroxyl groups is 1. The molecule has 2 N–H and O–H groups in total. The number of phenolic OH excluding ortho intramolecular Hbond substituents is 1. The summed E-state index contributed by atoms with van der Waals surface area (Å²) in [5.74, 6) is -1.40. The number of carbonyl (C=O) groups excluding carboxylic acids is 3. The fourth-order valence-corrected chi connectivity index (χ4v) is 4.54. The molecule has 1 aromatic rings. The highest BCUT2D eigenvalue weighted by Crippen LogP contribution is 2.38. The van der Waals surface area contributed by atoms with Gasteiger partial charge in [0.1, 0.15) is 18.8 Å². The topological polar surface area (TPSA) is 130 Å². The van der Waals surface area contributed by atoms with Crippen molar-refractivity contribution < 1.29 is 43.2 Å². The number of nitrogens with one attached hydrogen (secondary N) is 1. The second-order valence-corrected chi connectivity index (χ2v) is 8.93. The molecule has 1 fully saturated rings. The maximum atomic E-state index is 11.7. The molecule has 10 nitrogen and oxygen atoms in total. The number of fused-ring (bicyclic) bond motifs is 1. The average molecular weight is 494 g/mol. The summed E-state index contributed by atoms with van der Waals surface area (Å²) in [7, 11) is 0. The van der Waals surface area contributed by atoms with Crippen molar-refractivity contribution in [2.75, 3.05) is 13.2 Å². The van der Waals surface area contributed by atoms with Crippen molar-refractivity contribution in [2.45, 2.75) is 90.4 Å². The highest BCUT2D eigenvalue weighted by molar-refractivity contribution is 5.67. The molecule has 3 rings (SSSR count). The smallest absolute Gasteiger partial charge is 0.303 e. The zero-order chi connectivity index (χ0) is 25.5. The van der Waals surface area contributed by atoms with Gasteiger partial charge in [-0.1, -0.05) is 13.0 Å². The van der Waals surface area contributed by atoms with Crippen LogP contribution in [0.2, 0.25) is 0 Å². The van der Waals surface area contributed by atoms with Crippen molar-refractivity contribution >= 4 is 17.9 Å². The lowest BCUT2D eigenvalue weighted by atomic mass is 9.87. The fourth-order valence-electron chi connectivity index (χ4n) is 4.54. The van der Waals surface area contributed by atoms with Crippen LogP contribution in [-0.4, -0.2) is 66.8 Å². The van der Waals surface area contributed by atoms with Gasteiger partial charge in [-0.25, -0.2) is 0 Å². The summed E-state index contributed by atoms with van der Waals surface area (Å²) >= 11 is 0. The first-order valence-corrected chi connectivity index (χ1v) is 12.0.